The Kier molecular flexibility index (Phi) is 5.74. The highest BCUT2D eigenvalue weighted by molar-refractivity contribution is 7.89. The number of rotatable bonds is 6. The Hall–Kier alpha value is -2.90. The van der Waals surface area contributed by atoms with Crippen LogP contribution in [-0.2, 0) is 27.8 Å². The number of carbonyl (C=O) groups is 1. The molecule has 0 fully saturated rings. The average Bonchev–Trinajstić information content (AvgIpc) is 3.26. The van der Waals surface area contributed by atoms with E-state index in [4.69, 9.17) is 4.42 Å². The molecule has 0 aliphatic carbocycles. The third kappa shape index (κ3) is 4.17. The summed E-state index contributed by atoms with van der Waals surface area (Å²) < 4.78 is 33.6. The van der Waals surface area contributed by atoms with Crippen LogP contribution >= 0.6 is 0 Å². The fourth-order valence-electron chi connectivity index (χ4n) is 3.82. The molecule has 0 bridgehead atoms. The number of carbonyl (C=O) groups excluding carboxylic acids is 1. The van der Waals surface area contributed by atoms with E-state index in [1.165, 1.54) is 4.31 Å². The minimum absolute atomic E-state index is 0.0445. The van der Waals surface area contributed by atoms with Crippen molar-refractivity contribution in [1.82, 2.24) is 9.62 Å². The third-order valence-electron chi connectivity index (χ3n) is 5.41. The summed E-state index contributed by atoms with van der Waals surface area (Å²) in [7, 11) is -3.74. The second-order valence-corrected chi connectivity index (χ2v) is 9.34. The summed E-state index contributed by atoms with van der Waals surface area (Å²) in [5.41, 5.74) is 2.95. The normalized spacial score (nSPS) is 16.8. The largest absolute Gasteiger partial charge is 0.467 e. The molecule has 7 heteroatoms. The minimum Gasteiger partial charge on any atom is -0.467 e. The van der Waals surface area contributed by atoms with Crippen LogP contribution in [0.3, 0.4) is 0 Å². The van der Waals surface area contributed by atoms with Crippen LogP contribution in [0.2, 0.25) is 0 Å². The van der Waals surface area contributed by atoms with Crippen LogP contribution in [-0.4, -0.2) is 25.2 Å². The van der Waals surface area contributed by atoms with E-state index >= 15 is 0 Å². The fraction of sp³-hybridized carbons (Fsp3) is 0.261. The predicted molar refractivity (Wildman–Crippen MR) is 113 cm³/mol. The standard InChI is InChI=1S/C23H24N2O4S/c1-17-8-10-20(11-9-17)30(27,28)25-13-12-18-5-2-3-7-21(18)22(25)15-23(26)24-16-19-6-4-14-29-19/h2-11,14,22H,12-13,15-16H2,1H3,(H,24,26)/t22-/m0/s1. The summed E-state index contributed by atoms with van der Waals surface area (Å²) >= 11 is 0. The summed E-state index contributed by atoms with van der Waals surface area (Å²) in [5, 5.41) is 2.83. The zero-order valence-corrected chi connectivity index (χ0v) is 17.6. The summed E-state index contributed by atoms with van der Waals surface area (Å²) in [6.07, 6.45) is 2.21. The number of furan rings is 1. The van der Waals surface area contributed by atoms with Gasteiger partial charge in [-0.05, 0) is 48.7 Å². The first kappa shape index (κ1) is 20.4. The topological polar surface area (TPSA) is 79.6 Å². The van der Waals surface area contributed by atoms with Crippen LogP contribution in [0.1, 0.15) is 34.9 Å². The van der Waals surface area contributed by atoms with Gasteiger partial charge in [-0.1, -0.05) is 42.0 Å². The van der Waals surface area contributed by atoms with Crippen molar-refractivity contribution in [2.24, 2.45) is 0 Å². The van der Waals surface area contributed by atoms with Gasteiger partial charge in [0.1, 0.15) is 5.76 Å². The number of nitrogens with zero attached hydrogens (tertiary/aromatic N) is 1. The van der Waals surface area contributed by atoms with E-state index in [2.05, 4.69) is 5.32 Å². The van der Waals surface area contributed by atoms with Crippen LogP contribution in [0, 0.1) is 6.92 Å². The van der Waals surface area contributed by atoms with E-state index in [-0.39, 0.29) is 23.8 Å². The molecule has 1 aromatic heterocycles. The number of nitrogens with one attached hydrogen (secondary N) is 1. The zero-order valence-electron chi connectivity index (χ0n) is 16.7. The molecule has 0 saturated carbocycles. The summed E-state index contributed by atoms with van der Waals surface area (Å²) in [5.74, 6) is 0.425. The Morgan fingerprint density at radius 2 is 1.87 bits per heavy atom. The van der Waals surface area contributed by atoms with Crippen molar-refractivity contribution in [3.05, 3.63) is 89.4 Å². The maximum atomic E-state index is 13.4. The number of fused-ring (bicyclic) bond motifs is 1. The van der Waals surface area contributed by atoms with Gasteiger partial charge in [-0.15, -0.1) is 0 Å². The van der Waals surface area contributed by atoms with Gasteiger partial charge in [0, 0.05) is 13.0 Å². The van der Waals surface area contributed by atoms with Crippen LogP contribution in [0.25, 0.3) is 0 Å². The molecular formula is C23H24N2O4S. The van der Waals surface area contributed by atoms with E-state index in [0.717, 1.165) is 16.7 Å². The first-order chi connectivity index (χ1) is 14.4. The SMILES string of the molecule is Cc1ccc(S(=O)(=O)N2CCc3ccccc3[C@@H]2CC(=O)NCc2ccco2)cc1. The van der Waals surface area contributed by atoms with E-state index < -0.39 is 16.1 Å². The van der Waals surface area contributed by atoms with Crippen molar-refractivity contribution in [3.8, 4) is 0 Å². The quantitative estimate of drug-likeness (QED) is 0.656. The molecule has 1 N–H and O–H groups in total. The molecule has 6 nitrogen and oxygen atoms in total. The monoisotopic (exact) mass is 424 g/mol. The molecule has 4 rings (SSSR count). The van der Waals surface area contributed by atoms with Crippen LogP contribution in [0.15, 0.2) is 76.2 Å². The van der Waals surface area contributed by atoms with Gasteiger partial charge in [-0.25, -0.2) is 8.42 Å². The van der Waals surface area contributed by atoms with Gasteiger partial charge in [-0.3, -0.25) is 4.79 Å². The number of aryl methyl sites for hydroxylation is 1. The van der Waals surface area contributed by atoms with E-state index in [1.54, 1.807) is 42.7 Å². The molecule has 1 atom stereocenters. The molecule has 1 aliphatic heterocycles. The van der Waals surface area contributed by atoms with Crippen molar-refractivity contribution < 1.29 is 17.6 Å². The van der Waals surface area contributed by atoms with Gasteiger partial charge < -0.3 is 9.73 Å². The van der Waals surface area contributed by atoms with Crippen LogP contribution in [0.4, 0.5) is 0 Å². The molecule has 1 amide bonds. The van der Waals surface area contributed by atoms with E-state index in [9.17, 15) is 13.2 Å². The van der Waals surface area contributed by atoms with E-state index in [1.807, 2.05) is 31.2 Å². The number of sulfonamides is 1. The molecule has 30 heavy (non-hydrogen) atoms. The first-order valence-electron chi connectivity index (χ1n) is 9.90. The van der Waals surface area contributed by atoms with Crippen LogP contribution in [0.5, 0.6) is 0 Å². The molecule has 0 radical (unpaired) electrons. The van der Waals surface area contributed by atoms with Crippen LogP contribution < -0.4 is 5.32 Å². The lowest BCUT2D eigenvalue weighted by Gasteiger charge is -2.36. The molecule has 2 aromatic carbocycles. The molecule has 3 aromatic rings. The molecule has 0 saturated heterocycles. The number of amides is 1. The zero-order chi connectivity index (χ0) is 21.1. The van der Waals surface area contributed by atoms with E-state index in [0.29, 0.717) is 18.7 Å². The average molecular weight is 425 g/mol. The highest BCUT2D eigenvalue weighted by Gasteiger charge is 2.37. The molecule has 0 unspecified atom stereocenters. The Balaban J connectivity index is 1.62. The molecule has 156 valence electrons. The second-order valence-electron chi connectivity index (χ2n) is 7.45. The maximum Gasteiger partial charge on any atom is 0.243 e. The predicted octanol–water partition coefficient (Wildman–Crippen LogP) is 3.58. The maximum absolute atomic E-state index is 13.4. The van der Waals surface area contributed by atoms with Gasteiger partial charge in [0.15, 0.2) is 0 Å². The Morgan fingerprint density at radius 3 is 2.60 bits per heavy atom. The van der Waals surface area contributed by atoms with Gasteiger partial charge in [0.25, 0.3) is 0 Å². The second kappa shape index (κ2) is 8.45. The third-order valence-corrected chi connectivity index (χ3v) is 7.33. The lowest BCUT2D eigenvalue weighted by Crippen LogP contribution is -2.42. The lowest BCUT2D eigenvalue weighted by molar-refractivity contribution is -0.122. The Bertz CT molecular complexity index is 1120. The van der Waals surface area contributed by atoms with Crippen molar-refractivity contribution >= 4 is 15.9 Å². The van der Waals surface area contributed by atoms with Gasteiger partial charge in [0.2, 0.25) is 15.9 Å². The summed E-state index contributed by atoms with van der Waals surface area (Å²) in [6, 6.07) is 17.5. The number of hydrogen-bond acceptors (Lipinski definition) is 4. The fourth-order valence-corrected chi connectivity index (χ4v) is 5.43. The molecule has 0 spiro atoms. The van der Waals surface area contributed by atoms with Gasteiger partial charge >= 0.3 is 0 Å². The minimum atomic E-state index is -3.74. The van der Waals surface area contributed by atoms with Gasteiger partial charge in [0.05, 0.1) is 23.7 Å². The smallest absolute Gasteiger partial charge is 0.243 e. The lowest BCUT2D eigenvalue weighted by atomic mass is 9.92. The number of hydrogen-bond donors (Lipinski definition) is 1. The Labute approximate surface area is 176 Å². The summed E-state index contributed by atoms with van der Waals surface area (Å²) in [6.45, 7) is 2.52. The molecular weight excluding hydrogens is 400 g/mol. The van der Waals surface area contributed by atoms with Crippen molar-refractivity contribution in [2.75, 3.05) is 6.54 Å². The van der Waals surface area contributed by atoms with Crippen molar-refractivity contribution in [2.45, 2.75) is 37.2 Å². The molecule has 2 heterocycles. The first-order valence-corrected chi connectivity index (χ1v) is 11.3. The Morgan fingerprint density at radius 1 is 1.10 bits per heavy atom. The van der Waals surface area contributed by atoms with Crippen molar-refractivity contribution in [1.29, 1.82) is 0 Å². The molecule has 1 aliphatic rings. The highest BCUT2D eigenvalue weighted by Crippen LogP contribution is 2.36. The van der Waals surface area contributed by atoms with Gasteiger partial charge in [-0.2, -0.15) is 4.31 Å². The van der Waals surface area contributed by atoms with Crippen molar-refractivity contribution in [3.63, 3.8) is 0 Å². The highest BCUT2D eigenvalue weighted by atomic mass is 32.2. The number of benzene rings is 2. The summed E-state index contributed by atoms with van der Waals surface area (Å²) in [4.78, 5) is 12.9.